The summed E-state index contributed by atoms with van der Waals surface area (Å²) in [6, 6.07) is 8.78. The fraction of sp³-hybridized carbons (Fsp3) is 0. The third kappa shape index (κ3) is 3.34. The molecule has 4 rings (SSSR count). The van der Waals surface area contributed by atoms with Gasteiger partial charge in [-0.05, 0) is 36.4 Å². The summed E-state index contributed by atoms with van der Waals surface area (Å²) in [7, 11) is 0. The van der Waals surface area contributed by atoms with E-state index in [-0.39, 0.29) is 5.56 Å². The number of hydrogen-bond acceptors (Lipinski definition) is 5. The Labute approximate surface area is 162 Å². The van der Waals surface area contributed by atoms with Crippen molar-refractivity contribution < 1.29 is 14.3 Å². The molecular weight excluding hydrogens is 389 g/mol. The number of rotatable bonds is 4. The number of halogens is 2. The third-order valence-corrected chi connectivity index (χ3v) is 5.01. The molecule has 0 aliphatic heterocycles. The topological polar surface area (TPSA) is 75.1 Å². The van der Waals surface area contributed by atoms with Crippen molar-refractivity contribution in [1.29, 1.82) is 0 Å². The monoisotopic (exact) mass is 399 g/mol. The largest absolute Gasteiger partial charge is 0.478 e. The Balaban J connectivity index is 1.96. The molecule has 0 unspecified atom stereocenters. The van der Waals surface area contributed by atoms with Gasteiger partial charge in [-0.1, -0.05) is 11.6 Å². The molecular formula is C19H11ClFN3O2S. The van der Waals surface area contributed by atoms with Crippen molar-refractivity contribution in [3.05, 3.63) is 70.6 Å². The molecule has 0 atom stereocenters. The SMILES string of the molecule is O=C(O)c1cc(Cl)ccc1Nc1c(-c2nccs2)cnc2ccc(F)cc12. The summed E-state index contributed by atoms with van der Waals surface area (Å²) in [6.45, 7) is 0. The Morgan fingerprint density at radius 2 is 2.04 bits per heavy atom. The van der Waals surface area contributed by atoms with Crippen LogP contribution in [0.4, 0.5) is 15.8 Å². The highest BCUT2D eigenvalue weighted by atomic mass is 35.5. The van der Waals surface area contributed by atoms with E-state index in [0.717, 1.165) is 0 Å². The van der Waals surface area contributed by atoms with Gasteiger partial charge in [0.25, 0.3) is 0 Å². The van der Waals surface area contributed by atoms with Crippen molar-refractivity contribution in [3.8, 4) is 10.6 Å². The van der Waals surface area contributed by atoms with Gasteiger partial charge < -0.3 is 10.4 Å². The minimum Gasteiger partial charge on any atom is -0.478 e. The molecule has 0 spiro atoms. The summed E-state index contributed by atoms with van der Waals surface area (Å²) < 4.78 is 13.9. The summed E-state index contributed by atoms with van der Waals surface area (Å²) in [4.78, 5) is 20.3. The second-order valence-corrected chi connectivity index (χ2v) is 7.00. The number of aromatic nitrogens is 2. The van der Waals surface area contributed by atoms with E-state index in [2.05, 4.69) is 15.3 Å². The molecule has 2 aromatic heterocycles. The molecule has 0 saturated carbocycles. The normalized spacial score (nSPS) is 10.9. The first-order valence-electron chi connectivity index (χ1n) is 7.81. The summed E-state index contributed by atoms with van der Waals surface area (Å²) in [5, 5.41) is 16.0. The maximum atomic E-state index is 13.9. The number of benzene rings is 2. The van der Waals surface area contributed by atoms with Gasteiger partial charge in [0.1, 0.15) is 10.8 Å². The molecule has 2 heterocycles. The van der Waals surface area contributed by atoms with Crippen LogP contribution in [0.5, 0.6) is 0 Å². The lowest BCUT2D eigenvalue weighted by Crippen LogP contribution is -2.04. The van der Waals surface area contributed by atoms with Crippen LogP contribution in [0, 0.1) is 5.82 Å². The number of pyridine rings is 1. The number of fused-ring (bicyclic) bond motifs is 1. The predicted octanol–water partition coefficient (Wildman–Crippen LogP) is 5.59. The van der Waals surface area contributed by atoms with Gasteiger partial charge in [0.05, 0.1) is 28.0 Å². The molecule has 2 aromatic carbocycles. The Morgan fingerprint density at radius 3 is 2.78 bits per heavy atom. The van der Waals surface area contributed by atoms with E-state index >= 15 is 0 Å². The standard InChI is InChI=1S/C19H11ClFN3O2S/c20-10-1-3-16(13(7-10)19(25)26)24-17-12-8-11(21)2-4-15(12)23-9-14(17)18-22-5-6-27-18/h1-9H,(H,23,24)(H,25,26). The molecule has 0 radical (unpaired) electrons. The quantitative estimate of drug-likeness (QED) is 0.467. The summed E-state index contributed by atoms with van der Waals surface area (Å²) in [5.41, 5.74) is 2.09. The molecule has 5 nitrogen and oxygen atoms in total. The van der Waals surface area contributed by atoms with Crippen LogP contribution < -0.4 is 5.32 Å². The van der Waals surface area contributed by atoms with Crippen LogP contribution >= 0.6 is 22.9 Å². The zero-order chi connectivity index (χ0) is 19.0. The first-order chi connectivity index (χ1) is 13.0. The fourth-order valence-electron chi connectivity index (χ4n) is 2.76. The van der Waals surface area contributed by atoms with Crippen molar-refractivity contribution in [2.45, 2.75) is 0 Å². The van der Waals surface area contributed by atoms with Crippen molar-refractivity contribution in [2.24, 2.45) is 0 Å². The van der Waals surface area contributed by atoms with E-state index in [0.29, 0.717) is 37.9 Å². The van der Waals surface area contributed by atoms with Crippen LogP contribution in [0.2, 0.25) is 5.02 Å². The third-order valence-electron chi connectivity index (χ3n) is 3.96. The molecule has 0 fully saturated rings. The van der Waals surface area contributed by atoms with Crippen LogP contribution in [-0.4, -0.2) is 21.0 Å². The summed E-state index contributed by atoms with van der Waals surface area (Å²) in [6.07, 6.45) is 3.29. The van der Waals surface area contributed by atoms with E-state index in [9.17, 15) is 14.3 Å². The Morgan fingerprint density at radius 1 is 1.19 bits per heavy atom. The van der Waals surface area contributed by atoms with Crippen LogP contribution in [0.15, 0.2) is 54.2 Å². The highest BCUT2D eigenvalue weighted by Crippen LogP contribution is 2.37. The summed E-state index contributed by atoms with van der Waals surface area (Å²) in [5.74, 6) is -1.54. The number of hydrogen-bond donors (Lipinski definition) is 2. The number of anilines is 2. The lowest BCUT2D eigenvalue weighted by atomic mass is 10.1. The van der Waals surface area contributed by atoms with Gasteiger partial charge in [0, 0.05) is 28.2 Å². The molecule has 2 N–H and O–H groups in total. The zero-order valence-corrected chi connectivity index (χ0v) is 15.2. The maximum Gasteiger partial charge on any atom is 0.337 e. The number of carboxylic acids is 1. The Bertz CT molecular complexity index is 1170. The van der Waals surface area contributed by atoms with Gasteiger partial charge >= 0.3 is 5.97 Å². The second-order valence-electron chi connectivity index (χ2n) is 5.67. The second kappa shape index (κ2) is 6.94. The van der Waals surface area contributed by atoms with Crippen LogP contribution in [0.25, 0.3) is 21.5 Å². The van der Waals surface area contributed by atoms with Gasteiger partial charge in [-0.25, -0.2) is 14.2 Å². The number of carbonyl (C=O) groups is 1. The molecule has 4 aromatic rings. The first-order valence-corrected chi connectivity index (χ1v) is 9.06. The maximum absolute atomic E-state index is 13.9. The lowest BCUT2D eigenvalue weighted by Gasteiger charge is -2.15. The van der Waals surface area contributed by atoms with Gasteiger partial charge in [-0.2, -0.15) is 0 Å². The number of aromatic carboxylic acids is 1. The van der Waals surface area contributed by atoms with Crippen molar-refractivity contribution in [1.82, 2.24) is 9.97 Å². The van der Waals surface area contributed by atoms with Crippen molar-refractivity contribution >= 4 is 51.2 Å². The van der Waals surface area contributed by atoms with E-state index in [1.165, 1.54) is 29.5 Å². The van der Waals surface area contributed by atoms with E-state index in [4.69, 9.17) is 11.6 Å². The van der Waals surface area contributed by atoms with Crippen LogP contribution in [0.1, 0.15) is 10.4 Å². The highest BCUT2D eigenvalue weighted by molar-refractivity contribution is 7.13. The van der Waals surface area contributed by atoms with Crippen LogP contribution in [0.3, 0.4) is 0 Å². The highest BCUT2D eigenvalue weighted by Gasteiger charge is 2.17. The number of nitrogens with one attached hydrogen (secondary N) is 1. The minimum atomic E-state index is -1.12. The van der Waals surface area contributed by atoms with Crippen molar-refractivity contribution in [3.63, 3.8) is 0 Å². The Hall–Kier alpha value is -3.03. The average molecular weight is 400 g/mol. The van der Waals surface area contributed by atoms with Gasteiger partial charge in [0.15, 0.2) is 0 Å². The van der Waals surface area contributed by atoms with E-state index < -0.39 is 11.8 Å². The van der Waals surface area contributed by atoms with Crippen LogP contribution in [-0.2, 0) is 0 Å². The van der Waals surface area contributed by atoms with E-state index in [1.54, 1.807) is 30.6 Å². The van der Waals surface area contributed by atoms with Gasteiger partial charge in [-0.3, -0.25) is 4.98 Å². The molecule has 0 amide bonds. The van der Waals surface area contributed by atoms with Gasteiger partial charge in [-0.15, -0.1) is 11.3 Å². The van der Waals surface area contributed by atoms with Gasteiger partial charge in [0.2, 0.25) is 0 Å². The average Bonchev–Trinajstić information content (AvgIpc) is 3.17. The number of nitrogens with zero attached hydrogens (tertiary/aromatic N) is 2. The fourth-order valence-corrected chi connectivity index (χ4v) is 3.58. The minimum absolute atomic E-state index is 0.00829. The molecule has 134 valence electrons. The molecule has 0 bridgehead atoms. The lowest BCUT2D eigenvalue weighted by molar-refractivity contribution is 0.0698. The number of thiazole rings is 1. The molecule has 0 saturated heterocycles. The first kappa shape index (κ1) is 17.4. The summed E-state index contributed by atoms with van der Waals surface area (Å²) >= 11 is 7.34. The molecule has 8 heteroatoms. The molecule has 0 aliphatic rings. The molecule has 27 heavy (non-hydrogen) atoms. The van der Waals surface area contributed by atoms with Crippen molar-refractivity contribution in [2.75, 3.05) is 5.32 Å². The predicted molar refractivity (Wildman–Crippen MR) is 105 cm³/mol. The smallest absolute Gasteiger partial charge is 0.337 e. The zero-order valence-electron chi connectivity index (χ0n) is 13.6. The number of carboxylic acid groups (broad SMARTS) is 1. The molecule has 0 aliphatic carbocycles. The Kier molecular flexibility index (Phi) is 4.47. The van der Waals surface area contributed by atoms with E-state index in [1.807, 2.05) is 5.38 Å².